The Morgan fingerprint density at radius 2 is 0.847 bits per heavy atom. The Bertz CT molecular complexity index is 1390. The van der Waals surface area contributed by atoms with Crippen molar-refractivity contribution in [1.29, 1.82) is 0 Å². The molecule has 336 valence electrons. The smallest absolute Gasteiger partial charge is 0.364 e. The number of carbonyl (C=O) groups is 10. The summed E-state index contributed by atoms with van der Waals surface area (Å²) in [5, 5.41) is 14.9. The highest BCUT2D eigenvalue weighted by atomic mass is 33.1. The summed E-state index contributed by atoms with van der Waals surface area (Å²) in [4.78, 5) is 134. The van der Waals surface area contributed by atoms with E-state index in [1.54, 1.807) is 0 Å². The minimum atomic E-state index is -1.26. The molecule has 0 bridgehead atoms. The summed E-state index contributed by atoms with van der Waals surface area (Å²) in [6.07, 6.45) is 3.95. The van der Waals surface area contributed by atoms with E-state index in [-0.39, 0.29) is 55.9 Å². The van der Waals surface area contributed by atoms with Crippen molar-refractivity contribution in [2.24, 2.45) is 0 Å². The van der Waals surface area contributed by atoms with Crippen LogP contribution in [0.3, 0.4) is 0 Å². The second-order valence-corrected chi connectivity index (χ2v) is 15.3. The number of ether oxygens (including phenoxy) is 3. The van der Waals surface area contributed by atoms with E-state index >= 15 is 0 Å². The van der Waals surface area contributed by atoms with Crippen LogP contribution in [-0.4, -0.2) is 137 Å². The van der Waals surface area contributed by atoms with E-state index < -0.39 is 90.7 Å². The van der Waals surface area contributed by atoms with Crippen LogP contribution >= 0.6 is 21.6 Å². The molecule has 0 aliphatic heterocycles. The molecule has 0 aliphatic rings. The number of carbonyl (C=O) groups excluding carboxylic acids is 10. The first-order valence-electron chi connectivity index (χ1n) is 19.1. The summed E-state index contributed by atoms with van der Waals surface area (Å²) >= 11 is 0. The van der Waals surface area contributed by atoms with E-state index in [4.69, 9.17) is 4.74 Å². The molecule has 0 saturated carbocycles. The van der Waals surface area contributed by atoms with Crippen LogP contribution in [0, 0.1) is 0 Å². The molecule has 6 N–H and O–H groups in total. The molecule has 21 nitrogen and oxygen atoms in total. The highest BCUT2D eigenvalue weighted by molar-refractivity contribution is 8.76. The van der Waals surface area contributed by atoms with Gasteiger partial charge in [0.05, 0.1) is 28.4 Å². The van der Waals surface area contributed by atoms with Crippen molar-refractivity contribution in [1.82, 2.24) is 31.9 Å². The van der Waals surface area contributed by atoms with Gasteiger partial charge in [0.2, 0.25) is 35.4 Å². The Balaban J connectivity index is 5.76. The summed E-state index contributed by atoms with van der Waals surface area (Å²) in [7, 11) is 6.51. The molecule has 0 heterocycles. The minimum Gasteiger partial charge on any atom is -0.468 e. The molecular formula is C36H60N6O15S2. The number of nitrogens with one attached hydrogen (secondary N) is 6. The number of methoxy groups -OCH3 is 3. The molecule has 59 heavy (non-hydrogen) atoms. The quantitative estimate of drug-likeness (QED) is 0.0128. The fraction of sp³-hybridized carbons (Fsp3) is 0.722. The average Bonchev–Trinajstić information content (AvgIpc) is 3.22. The minimum absolute atomic E-state index is 0.121. The first kappa shape index (κ1) is 54.4. The van der Waals surface area contributed by atoms with E-state index in [1.807, 2.05) is 13.8 Å². The zero-order valence-electron chi connectivity index (χ0n) is 34.6. The maximum absolute atomic E-state index is 13.1. The van der Waals surface area contributed by atoms with Gasteiger partial charge in [-0.15, -0.1) is 0 Å². The Morgan fingerprint density at radius 1 is 0.475 bits per heavy atom. The van der Waals surface area contributed by atoms with Gasteiger partial charge < -0.3 is 46.1 Å². The third-order valence-electron chi connectivity index (χ3n) is 8.07. The van der Waals surface area contributed by atoms with Crippen molar-refractivity contribution < 1.29 is 71.9 Å². The largest absolute Gasteiger partial charge is 0.468 e. The van der Waals surface area contributed by atoms with Gasteiger partial charge in [0, 0.05) is 37.2 Å². The van der Waals surface area contributed by atoms with Crippen molar-refractivity contribution in [3.63, 3.8) is 0 Å². The monoisotopic (exact) mass is 880 g/mol. The van der Waals surface area contributed by atoms with Crippen molar-refractivity contribution in [3.8, 4) is 0 Å². The standard InChI is InChI=1S/C36H60N6O15S2/c1-7-9-11-13-27(43)39-23(35(51)55-5)15-17-29(45)41-25(33(49)37-19-31(47)53-3)21-58-59-22-26(34(50)38-20-32(48)54-4)42-30(46)18-16-24(36(52)57-56-6)40-28(44)14-12-10-8-2/h23-26H,7-22H2,1-6H3,(H,37,49)(H,38,50)(H,39,43)(H,40,44)(H,41,45)(H,42,46). The zero-order valence-corrected chi connectivity index (χ0v) is 36.2. The molecule has 0 rings (SSSR count). The second-order valence-electron chi connectivity index (χ2n) is 12.7. The fourth-order valence-corrected chi connectivity index (χ4v) is 7.10. The van der Waals surface area contributed by atoms with Gasteiger partial charge in [-0.1, -0.05) is 61.1 Å². The molecule has 0 saturated heterocycles. The molecule has 6 amide bonds. The normalized spacial score (nSPS) is 12.6. The Morgan fingerprint density at radius 3 is 1.20 bits per heavy atom. The van der Waals surface area contributed by atoms with Gasteiger partial charge in [-0.2, -0.15) is 4.89 Å². The van der Waals surface area contributed by atoms with Crippen LogP contribution in [0.4, 0.5) is 0 Å². The molecule has 0 fully saturated rings. The summed E-state index contributed by atoms with van der Waals surface area (Å²) in [5.41, 5.74) is 0. The molecule has 0 aromatic rings. The van der Waals surface area contributed by atoms with E-state index in [2.05, 4.69) is 51.1 Å². The third kappa shape index (κ3) is 26.2. The van der Waals surface area contributed by atoms with Crippen molar-refractivity contribution in [2.45, 2.75) is 115 Å². The number of unbranched alkanes of at least 4 members (excludes halogenated alkanes) is 4. The first-order valence-corrected chi connectivity index (χ1v) is 21.6. The Labute approximate surface area is 352 Å². The van der Waals surface area contributed by atoms with E-state index in [1.165, 1.54) is 0 Å². The average molecular weight is 881 g/mol. The molecule has 23 heteroatoms. The number of rotatable bonds is 32. The first-order chi connectivity index (χ1) is 28.1. The van der Waals surface area contributed by atoms with Crippen LogP contribution in [0.25, 0.3) is 0 Å². The van der Waals surface area contributed by atoms with Crippen LogP contribution in [0.5, 0.6) is 0 Å². The van der Waals surface area contributed by atoms with Gasteiger partial charge in [-0.3, -0.25) is 43.2 Å². The topological polar surface area (TPSA) is 289 Å². The molecule has 0 aliphatic carbocycles. The van der Waals surface area contributed by atoms with Crippen LogP contribution in [0.15, 0.2) is 0 Å². The second kappa shape index (κ2) is 33.2. The predicted octanol–water partition coefficient (Wildman–Crippen LogP) is -0.116. The molecular weight excluding hydrogens is 821 g/mol. The van der Waals surface area contributed by atoms with E-state index in [9.17, 15) is 47.9 Å². The number of amides is 6. The van der Waals surface area contributed by atoms with Crippen molar-refractivity contribution >= 4 is 80.9 Å². The number of hydrogen-bond donors (Lipinski definition) is 6. The van der Waals surface area contributed by atoms with Crippen LogP contribution < -0.4 is 31.9 Å². The summed E-state index contributed by atoms with van der Waals surface area (Å²) in [5.74, 6) is -7.15. The van der Waals surface area contributed by atoms with Gasteiger partial charge in [0.25, 0.3) is 0 Å². The lowest BCUT2D eigenvalue weighted by atomic mass is 10.1. The molecule has 4 atom stereocenters. The summed E-state index contributed by atoms with van der Waals surface area (Å²) in [6, 6.07) is -4.85. The number of esters is 3. The molecule has 4 unspecified atom stereocenters. The molecule has 0 spiro atoms. The zero-order chi connectivity index (χ0) is 44.6. The summed E-state index contributed by atoms with van der Waals surface area (Å²) in [6.45, 7) is 2.93. The lowest BCUT2D eigenvalue weighted by Gasteiger charge is -2.21. The molecule has 0 radical (unpaired) electrons. The maximum Gasteiger partial charge on any atom is 0.364 e. The van der Waals surface area contributed by atoms with Crippen LogP contribution in [0.1, 0.15) is 90.9 Å². The van der Waals surface area contributed by atoms with Gasteiger partial charge in [0.1, 0.15) is 37.3 Å². The predicted molar refractivity (Wildman–Crippen MR) is 215 cm³/mol. The Kier molecular flexibility index (Phi) is 30.6. The van der Waals surface area contributed by atoms with Crippen molar-refractivity contribution in [3.05, 3.63) is 0 Å². The number of hydrogen-bond acceptors (Lipinski definition) is 17. The third-order valence-corrected chi connectivity index (χ3v) is 10.5. The van der Waals surface area contributed by atoms with Gasteiger partial charge in [-0.25, -0.2) is 9.59 Å². The van der Waals surface area contributed by atoms with E-state index in [0.717, 1.165) is 75.7 Å². The molecule has 0 aromatic carbocycles. The fourth-order valence-electron chi connectivity index (χ4n) is 4.78. The van der Waals surface area contributed by atoms with Gasteiger partial charge in [-0.05, 0) is 25.7 Å². The van der Waals surface area contributed by atoms with Gasteiger partial charge >= 0.3 is 23.9 Å². The van der Waals surface area contributed by atoms with Gasteiger partial charge in [0.15, 0.2) is 0 Å². The highest BCUT2D eigenvalue weighted by Crippen LogP contribution is 2.23. The van der Waals surface area contributed by atoms with Crippen LogP contribution in [-0.2, 0) is 71.9 Å². The maximum atomic E-state index is 13.1. The molecule has 0 aromatic heterocycles. The highest BCUT2D eigenvalue weighted by Gasteiger charge is 2.28. The Hall–Kier alpha value is -4.64. The SMILES string of the molecule is CCCCCC(=O)NC(CCC(=O)NC(CSSCC(NC(=O)CCC(NC(=O)CCCCC)C(=O)OOC)C(=O)NCC(=O)OC)C(=O)NCC(=O)OC)C(=O)OC. The van der Waals surface area contributed by atoms with Crippen LogP contribution in [0.2, 0.25) is 0 Å². The summed E-state index contributed by atoms with van der Waals surface area (Å²) < 4.78 is 13.9. The van der Waals surface area contributed by atoms with E-state index in [0.29, 0.717) is 12.8 Å². The lowest BCUT2D eigenvalue weighted by molar-refractivity contribution is -0.257. The lowest BCUT2D eigenvalue weighted by Crippen LogP contribution is -2.50. The van der Waals surface area contributed by atoms with Crippen molar-refractivity contribution in [2.75, 3.05) is 53.0 Å².